The van der Waals surface area contributed by atoms with Crippen LogP contribution in [0.2, 0.25) is 0 Å². The van der Waals surface area contributed by atoms with E-state index in [1.807, 2.05) is 56.3 Å². The summed E-state index contributed by atoms with van der Waals surface area (Å²) in [5.74, 6) is -2.62. The van der Waals surface area contributed by atoms with Crippen molar-refractivity contribution >= 4 is 23.9 Å². The van der Waals surface area contributed by atoms with Gasteiger partial charge in [-0.2, -0.15) is 0 Å². The van der Waals surface area contributed by atoms with E-state index in [1.165, 1.54) is 4.90 Å². The van der Waals surface area contributed by atoms with E-state index in [-0.39, 0.29) is 18.2 Å². The van der Waals surface area contributed by atoms with Gasteiger partial charge in [0.25, 0.3) is 0 Å². The normalized spacial score (nSPS) is 24.9. The zero-order chi connectivity index (χ0) is 26.7. The number of nitrogens with zero attached hydrogens (tertiary/aromatic N) is 1. The van der Waals surface area contributed by atoms with E-state index < -0.39 is 42.1 Å². The third kappa shape index (κ3) is 9.71. The van der Waals surface area contributed by atoms with Gasteiger partial charge < -0.3 is 25.4 Å². The highest BCUT2D eigenvalue weighted by Gasteiger charge is 2.32. The van der Waals surface area contributed by atoms with E-state index >= 15 is 0 Å². The maximum Gasteiger partial charge on any atom is 0.408 e. The molecule has 2 rings (SSSR count). The third-order valence-electron chi connectivity index (χ3n) is 6.06. The Morgan fingerprint density at radius 1 is 1.11 bits per heavy atom. The number of ether oxygens (including phenoxy) is 1. The Morgan fingerprint density at radius 3 is 2.42 bits per heavy atom. The van der Waals surface area contributed by atoms with Crippen LogP contribution in [-0.4, -0.2) is 66.2 Å². The standard InChI is InChI=1S/C27H39N3O6/c1-18(2)15-22-24(31)28-23(26(33)34)17-20(25(32)30(3)4)13-9-6-10-14-21(36-27(35)29-22)16-19-11-7-5-8-12-19/h5-9,11-12,18,20-23H,10,13-17H2,1-4H3,(H,28,31)(H,29,35)(H,33,34)/b9-6-/t20?,21?,22-,23-/m0/s1. The van der Waals surface area contributed by atoms with Gasteiger partial charge in [0.05, 0.1) is 0 Å². The molecule has 3 amide bonds. The van der Waals surface area contributed by atoms with E-state index in [2.05, 4.69) is 10.6 Å². The molecule has 0 aromatic heterocycles. The van der Waals surface area contributed by atoms with Crippen LogP contribution in [0.4, 0.5) is 4.79 Å². The minimum atomic E-state index is -1.27. The van der Waals surface area contributed by atoms with Crippen molar-refractivity contribution < 1.29 is 29.0 Å². The summed E-state index contributed by atoms with van der Waals surface area (Å²) in [6.45, 7) is 3.81. The van der Waals surface area contributed by atoms with Gasteiger partial charge >= 0.3 is 12.1 Å². The van der Waals surface area contributed by atoms with Crippen molar-refractivity contribution in [1.82, 2.24) is 15.5 Å². The first-order valence-electron chi connectivity index (χ1n) is 12.5. The number of aliphatic carboxylic acids is 1. The monoisotopic (exact) mass is 501 g/mol. The van der Waals surface area contributed by atoms with Gasteiger partial charge in [0.1, 0.15) is 18.2 Å². The molecule has 1 aliphatic heterocycles. The van der Waals surface area contributed by atoms with Crippen molar-refractivity contribution in [2.24, 2.45) is 11.8 Å². The molecule has 9 heteroatoms. The quantitative estimate of drug-likeness (QED) is 0.515. The van der Waals surface area contributed by atoms with Crippen molar-refractivity contribution in [1.29, 1.82) is 0 Å². The molecule has 0 radical (unpaired) electrons. The first-order valence-corrected chi connectivity index (χ1v) is 12.5. The van der Waals surface area contributed by atoms with Gasteiger partial charge in [-0.25, -0.2) is 9.59 Å². The van der Waals surface area contributed by atoms with Crippen LogP contribution >= 0.6 is 0 Å². The molecule has 9 nitrogen and oxygen atoms in total. The van der Waals surface area contributed by atoms with Gasteiger partial charge in [0.15, 0.2) is 0 Å². The molecular formula is C27H39N3O6. The molecule has 1 aliphatic rings. The summed E-state index contributed by atoms with van der Waals surface area (Å²) in [4.78, 5) is 52.0. The fourth-order valence-electron chi connectivity index (χ4n) is 4.21. The van der Waals surface area contributed by atoms with Gasteiger partial charge in [-0.3, -0.25) is 9.59 Å². The number of carbonyl (C=O) groups is 4. The van der Waals surface area contributed by atoms with Crippen LogP contribution in [0.5, 0.6) is 0 Å². The average Bonchev–Trinajstić information content (AvgIpc) is 2.81. The Kier molecular flexibility index (Phi) is 11.4. The SMILES string of the molecule is CC(C)C[C@@H]1NC(=O)OC(Cc2ccccc2)CC/C=C\CC(C(=O)N(C)C)C[C@@H](C(=O)O)NC1=O. The predicted octanol–water partition coefficient (Wildman–Crippen LogP) is 3.14. The van der Waals surface area contributed by atoms with Crippen LogP contribution in [0.15, 0.2) is 42.5 Å². The second-order valence-electron chi connectivity index (χ2n) is 9.89. The van der Waals surface area contributed by atoms with Crippen molar-refractivity contribution in [2.45, 2.75) is 70.6 Å². The summed E-state index contributed by atoms with van der Waals surface area (Å²) in [5.41, 5.74) is 1.02. The Bertz CT molecular complexity index is 915. The van der Waals surface area contributed by atoms with Crippen molar-refractivity contribution in [2.75, 3.05) is 14.1 Å². The first kappa shape index (κ1) is 28.9. The second-order valence-corrected chi connectivity index (χ2v) is 9.89. The fraction of sp³-hybridized carbons (Fsp3) is 0.556. The Morgan fingerprint density at radius 2 is 1.81 bits per heavy atom. The predicted molar refractivity (Wildman–Crippen MR) is 136 cm³/mol. The van der Waals surface area contributed by atoms with Crippen LogP contribution in [0.1, 0.15) is 51.5 Å². The molecule has 0 spiro atoms. The van der Waals surface area contributed by atoms with E-state index in [0.717, 1.165) is 5.56 Å². The summed E-state index contributed by atoms with van der Waals surface area (Å²) >= 11 is 0. The molecule has 1 aromatic rings. The lowest BCUT2D eigenvalue weighted by molar-refractivity contribution is -0.143. The molecule has 36 heavy (non-hydrogen) atoms. The lowest BCUT2D eigenvalue weighted by Gasteiger charge is -2.26. The number of nitrogens with one attached hydrogen (secondary N) is 2. The van der Waals surface area contributed by atoms with Crippen LogP contribution in [-0.2, 0) is 25.5 Å². The Hall–Kier alpha value is -3.36. The highest BCUT2D eigenvalue weighted by atomic mass is 16.6. The van der Waals surface area contributed by atoms with Crippen molar-refractivity contribution in [3.8, 4) is 0 Å². The summed E-state index contributed by atoms with van der Waals surface area (Å²) in [6, 6.07) is 7.44. The molecular weight excluding hydrogens is 462 g/mol. The van der Waals surface area contributed by atoms with Crippen LogP contribution < -0.4 is 10.6 Å². The largest absolute Gasteiger partial charge is 0.480 e. The molecule has 1 heterocycles. The number of carboxylic acid groups (broad SMARTS) is 1. The lowest BCUT2D eigenvalue weighted by Crippen LogP contribution is -2.53. The number of hydrogen-bond acceptors (Lipinski definition) is 5. The molecule has 2 unspecified atom stereocenters. The van der Waals surface area contributed by atoms with E-state index in [1.54, 1.807) is 14.1 Å². The number of amides is 3. The van der Waals surface area contributed by atoms with Gasteiger partial charge in [-0.05, 0) is 43.6 Å². The zero-order valence-electron chi connectivity index (χ0n) is 21.6. The minimum Gasteiger partial charge on any atom is -0.480 e. The summed E-state index contributed by atoms with van der Waals surface area (Å²) in [6.07, 6.45) is 4.92. The number of hydrogen-bond donors (Lipinski definition) is 3. The highest BCUT2D eigenvalue weighted by Crippen LogP contribution is 2.18. The molecule has 1 aromatic carbocycles. The van der Waals surface area contributed by atoms with E-state index in [9.17, 15) is 24.3 Å². The highest BCUT2D eigenvalue weighted by molar-refractivity contribution is 5.89. The van der Waals surface area contributed by atoms with Crippen molar-refractivity contribution in [3.05, 3.63) is 48.0 Å². The zero-order valence-corrected chi connectivity index (χ0v) is 21.6. The van der Waals surface area contributed by atoms with Gasteiger partial charge in [-0.1, -0.05) is 56.3 Å². The summed E-state index contributed by atoms with van der Waals surface area (Å²) in [5, 5.41) is 14.9. The maximum absolute atomic E-state index is 13.1. The third-order valence-corrected chi connectivity index (χ3v) is 6.06. The van der Waals surface area contributed by atoms with Crippen LogP contribution in [0, 0.1) is 11.8 Å². The number of carboxylic acids is 1. The lowest BCUT2D eigenvalue weighted by atomic mass is 9.94. The average molecular weight is 502 g/mol. The number of cyclic esters (lactones) is 1. The van der Waals surface area contributed by atoms with Gasteiger partial charge in [0, 0.05) is 26.4 Å². The molecule has 0 aliphatic carbocycles. The van der Waals surface area contributed by atoms with Crippen LogP contribution in [0.25, 0.3) is 0 Å². The minimum absolute atomic E-state index is 0.0544. The Balaban J connectivity index is 2.33. The molecule has 0 bridgehead atoms. The van der Waals surface area contributed by atoms with Crippen LogP contribution in [0.3, 0.4) is 0 Å². The first-order chi connectivity index (χ1) is 17.1. The number of rotatable bonds is 6. The van der Waals surface area contributed by atoms with Crippen molar-refractivity contribution in [3.63, 3.8) is 0 Å². The number of allylic oxidation sites excluding steroid dienone is 2. The topological polar surface area (TPSA) is 125 Å². The Labute approximate surface area is 213 Å². The smallest absolute Gasteiger partial charge is 0.408 e. The molecule has 3 N–H and O–H groups in total. The molecule has 0 fully saturated rings. The summed E-state index contributed by atoms with van der Waals surface area (Å²) < 4.78 is 5.71. The number of alkyl carbamates (subject to hydrolysis) is 1. The molecule has 4 atom stereocenters. The number of carbonyl (C=O) groups excluding carboxylic acids is 3. The van der Waals surface area contributed by atoms with E-state index in [4.69, 9.17) is 4.74 Å². The number of benzene rings is 1. The molecule has 198 valence electrons. The maximum atomic E-state index is 13.1. The molecule has 0 saturated heterocycles. The van der Waals surface area contributed by atoms with E-state index in [0.29, 0.717) is 32.1 Å². The fourth-order valence-corrected chi connectivity index (χ4v) is 4.21. The van der Waals surface area contributed by atoms with Gasteiger partial charge in [-0.15, -0.1) is 0 Å². The van der Waals surface area contributed by atoms with Gasteiger partial charge in [0.2, 0.25) is 11.8 Å². The second kappa shape index (κ2) is 14.3. The summed E-state index contributed by atoms with van der Waals surface area (Å²) in [7, 11) is 3.24. The molecule has 0 saturated carbocycles.